The van der Waals surface area contributed by atoms with E-state index in [1.807, 2.05) is 44.2 Å². The van der Waals surface area contributed by atoms with Gasteiger partial charge in [-0.15, -0.1) is 0 Å². The molecule has 0 radical (unpaired) electrons. The van der Waals surface area contributed by atoms with Crippen LogP contribution in [-0.2, 0) is 23.5 Å². The molecule has 3 amide bonds. The number of nitrogens with one attached hydrogen (secondary N) is 1. The second-order valence-electron chi connectivity index (χ2n) is 6.74. The highest BCUT2D eigenvalue weighted by Gasteiger charge is 2.49. The maximum Gasteiger partial charge on any atom is 0.325 e. The minimum Gasteiger partial charge on any atom is -0.392 e. The molecule has 2 aromatic rings. The van der Waals surface area contributed by atoms with Crippen molar-refractivity contribution in [2.24, 2.45) is 0 Å². The van der Waals surface area contributed by atoms with Gasteiger partial charge in [0.15, 0.2) is 0 Å². The first kappa shape index (κ1) is 17.2. The summed E-state index contributed by atoms with van der Waals surface area (Å²) in [5.41, 5.74) is 3.48. The Morgan fingerprint density at radius 1 is 1.04 bits per heavy atom. The van der Waals surface area contributed by atoms with E-state index in [1.165, 1.54) is 4.90 Å². The fourth-order valence-electron chi connectivity index (χ4n) is 3.33. The van der Waals surface area contributed by atoms with E-state index in [2.05, 4.69) is 5.32 Å². The highest BCUT2D eigenvalue weighted by molar-refractivity contribution is 6.07. The van der Waals surface area contributed by atoms with Crippen molar-refractivity contribution < 1.29 is 14.7 Å². The Balaban J connectivity index is 1.88. The molecule has 130 valence electrons. The monoisotopic (exact) mass is 338 g/mol. The van der Waals surface area contributed by atoms with Crippen molar-refractivity contribution in [2.45, 2.75) is 39.5 Å². The second kappa shape index (κ2) is 6.33. The molecule has 0 aromatic heterocycles. The van der Waals surface area contributed by atoms with E-state index < -0.39 is 11.6 Å². The van der Waals surface area contributed by atoms with Crippen LogP contribution in [0.3, 0.4) is 0 Å². The second-order valence-corrected chi connectivity index (χ2v) is 6.74. The lowest BCUT2D eigenvalue weighted by Crippen LogP contribution is -2.41. The standard InChI is InChI=1S/C20H22N2O3/c1-13-4-9-17(14(2)10-13)20(3)18(24)22(19(25)21-20)11-15-5-7-16(12-23)8-6-15/h4-10,23H,11-12H2,1-3H3,(H,21,25). The number of aliphatic hydroxyl groups is 1. The van der Waals surface area contributed by atoms with E-state index in [4.69, 9.17) is 5.11 Å². The first-order valence-corrected chi connectivity index (χ1v) is 8.25. The number of carbonyl (C=O) groups is 2. The van der Waals surface area contributed by atoms with Gasteiger partial charge < -0.3 is 10.4 Å². The fourth-order valence-corrected chi connectivity index (χ4v) is 3.33. The van der Waals surface area contributed by atoms with Gasteiger partial charge in [0.25, 0.3) is 5.91 Å². The number of benzene rings is 2. The molecule has 1 aliphatic rings. The van der Waals surface area contributed by atoms with E-state index in [0.717, 1.165) is 27.8 Å². The van der Waals surface area contributed by atoms with Crippen LogP contribution < -0.4 is 5.32 Å². The molecule has 2 N–H and O–H groups in total. The SMILES string of the molecule is Cc1ccc(C2(C)NC(=O)N(Cc3ccc(CO)cc3)C2=O)c(C)c1. The molecule has 0 spiro atoms. The van der Waals surface area contributed by atoms with Gasteiger partial charge in [-0.25, -0.2) is 4.79 Å². The molecular weight excluding hydrogens is 316 g/mol. The van der Waals surface area contributed by atoms with Crippen LogP contribution in [0.5, 0.6) is 0 Å². The van der Waals surface area contributed by atoms with E-state index in [0.29, 0.717) is 0 Å². The molecule has 5 heteroatoms. The first-order valence-electron chi connectivity index (χ1n) is 8.25. The molecule has 1 unspecified atom stereocenters. The van der Waals surface area contributed by atoms with Crippen LogP contribution in [-0.4, -0.2) is 21.9 Å². The predicted octanol–water partition coefficient (Wildman–Crippen LogP) is 2.76. The van der Waals surface area contributed by atoms with Crippen LogP contribution in [0.4, 0.5) is 4.79 Å². The maximum absolute atomic E-state index is 13.0. The molecule has 25 heavy (non-hydrogen) atoms. The van der Waals surface area contributed by atoms with Gasteiger partial charge in [-0.1, -0.05) is 48.0 Å². The van der Waals surface area contributed by atoms with Crippen molar-refractivity contribution >= 4 is 11.9 Å². The van der Waals surface area contributed by atoms with Crippen molar-refractivity contribution in [1.29, 1.82) is 0 Å². The number of aryl methyl sites for hydroxylation is 2. The highest BCUT2D eigenvalue weighted by atomic mass is 16.3. The Bertz CT molecular complexity index is 829. The highest BCUT2D eigenvalue weighted by Crippen LogP contribution is 2.32. The number of urea groups is 1. The third-order valence-electron chi connectivity index (χ3n) is 4.74. The molecule has 1 aliphatic heterocycles. The van der Waals surface area contributed by atoms with E-state index >= 15 is 0 Å². The van der Waals surface area contributed by atoms with E-state index in [9.17, 15) is 9.59 Å². The molecule has 3 rings (SSSR count). The lowest BCUT2D eigenvalue weighted by molar-refractivity contribution is -0.131. The summed E-state index contributed by atoms with van der Waals surface area (Å²) in [4.78, 5) is 26.7. The largest absolute Gasteiger partial charge is 0.392 e. The van der Waals surface area contributed by atoms with Crippen LogP contribution >= 0.6 is 0 Å². The average molecular weight is 338 g/mol. The van der Waals surface area contributed by atoms with Crippen LogP contribution in [0.15, 0.2) is 42.5 Å². The van der Waals surface area contributed by atoms with Gasteiger partial charge in [-0.2, -0.15) is 0 Å². The summed E-state index contributed by atoms with van der Waals surface area (Å²) >= 11 is 0. The van der Waals surface area contributed by atoms with Crippen molar-refractivity contribution in [2.75, 3.05) is 0 Å². The number of aliphatic hydroxyl groups excluding tert-OH is 1. The van der Waals surface area contributed by atoms with E-state index in [-0.39, 0.29) is 19.1 Å². The summed E-state index contributed by atoms with van der Waals surface area (Å²) < 4.78 is 0. The van der Waals surface area contributed by atoms with Gasteiger partial charge in [0.1, 0.15) is 5.54 Å². The number of hydrogen-bond donors (Lipinski definition) is 2. The molecule has 1 fully saturated rings. The molecule has 0 bridgehead atoms. The zero-order chi connectivity index (χ0) is 18.2. The quantitative estimate of drug-likeness (QED) is 0.842. The van der Waals surface area contributed by atoms with Crippen molar-refractivity contribution in [3.63, 3.8) is 0 Å². The number of amides is 3. The van der Waals surface area contributed by atoms with Gasteiger partial charge in [0, 0.05) is 0 Å². The predicted molar refractivity (Wildman–Crippen MR) is 94.7 cm³/mol. The number of carbonyl (C=O) groups excluding carboxylic acids is 2. The minimum absolute atomic E-state index is 0.0335. The number of hydrogen-bond acceptors (Lipinski definition) is 3. The summed E-state index contributed by atoms with van der Waals surface area (Å²) in [7, 11) is 0. The molecule has 0 aliphatic carbocycles. The van der Waals surface area contributed by atoms with Crippen LogP contribution in [0.1, 0.15) is 34.7 Å². The lowest BCUT2D eigenvalue weighted by Gasteiger charge is -2.24. The molecule has 5 nitrogen and oxygen atoms in total. The molecule has 1 atom stereocenters. The fraction of sp³-hybridized carbons (Fsp3) is 0.300. The van der Waals surface area contributed by atoms with Crippen molar-refractivity contribution in [3.05, 3.63) is 70.3 Å². The zero-order valence-electron chi connectivity index (χ0n) is 14.7. The summed E-state index contributed by atoms with van der Waals surface area (Å²) in [6.07, 6.45) is 0. The van der Waals surface area contributed by atoms with Gasteiger partial charge in [0.05, 0.1) is 13.2 Å². The Hall–Kier alpha value is -2.66. The molecule has 0 saturated carbocycles. The van der Waals surface area contributed by atoms with Crippen LogP contribution in [0.2, 0.25) is 0 Å². The molecule has 1 saturated heterocycles. The normalized spacial score (nSPS) is 20.1. The van der Waals surface area contributed by atoms with Crippen LogP contribution in [0, 0.1) is 13.8 Å². The topological polar surface area (TPSA) is 69.6 Å². The maximum atomic E-state index is 13.0. The molecule has 1 heterocycles. The van der Waals surface area contributed by atoms with E-state index in [1.54, 1.807) is 19.1 Å². The Kier molecular flexibility index (Phi) is 4.35. The average Bonchev–Trinajstić information content (AvgIpc) is 2.79. The third kappa shape index (κ3) is 3.03. The molecular formula is C20H22N2O3. The van der Waals surface area contributed by atoms with Crippen molar-refractivity contribution in [3.8, 4) is 0 Å². The Morgan fingerprint density at radius 3 is 2.28 bits per heavy atom. The first-order chi connectivity index (χ1) is 11.8. The Morgan fingerprint density at radius 2 is 1.68 bits per heavy atom. The Labute approximate surface area is 147 Å². The third-order valence-corrected chi connectivity index (χ3v) is 4.74. The minimum atomic E-state index is -1.06. The summed E-state index contributed by atoms with van der Waals surface area (Å²) in [5.74, 6) is -0.254. The van der Waals surface area contributed by atoms with Gasteiger partial charge in [-0.3, -0.25) is 9.69 Å². The van der Waals surface area contributed by atoms with Gasteiger partial charge >= 0.3 is 6.03 Å². The lowest BCUT2D eigenvalue weighted by atomic mass is 9.87. The number of rotatable bonds is 4. The summed E-state index contributed by atoms with van der Waals surface area (Å²) in [6.45, 7) is 5.87. The van der Waals surface area contributed by atoms with Gasteiger partial charge in [-0.05, 0) is 43.0 Å². The smallest absolute Gasteiger partial charge is 0.325 e. The molecule has 2 aromatic carbocycles. The van der Waals surface area contributed by atoms with Crippen LogP contribution in [0.25, 0.3) is 0 Å². The van der Waals surface area contributed by atoms with Gasteiger partial charge in [0.2, 0.25) is 0 Å². The number of imide groups is 1. The number of nitrogens with zero attached hydrogens (tertiary/aromatic N) is 1. The summed E-state index contributed by atoms with van der Waals surface area (Å²) in [5, 5.41) is 12.0. The van der Waals surface area contributed by atoms with Crippen molar-refractivity contribution in [1.82, 2.24) is 10.2 Å². The zero-order valence-corrected chi connectivity index (χ0v) is 14.7. The summed E-state index contributed by atoms with van der Waals surface area (Å²) in [6, 6.07) is 12.7.